The summed E-state index contributed by atoms with van der Waals surface area (Å²) >= 11 is 0. The van der Waals surface area contributed by atoms with Gasteiger partial charge in [-0.25, -0.2) is 0 Å². The zero-order chi connectivity index (χ0) is 18.9. The van der Waals surface area contributed by atoms with Gasteiger partial charge in [-0.3, -0.25) is 9.59 Å². The maximum atomic E-state index is 11.5. The SMILES string of the molecule is CC1=CC(=C2C=CC(C(=O)O)(C(=O)O)C=C2)C(C)(c2ccccc2)C=C1. The average molecular weight is 348 g/mol. The highest BCUT2D eigenvalue weighted by Crippen LogP contribution is 2.41. The standard InChI is InChI=1S/C22H20O4/c1-15-8-11-21(2,17-6-4-3-5-7-17)18(14-15)16-9-12-22(13-10-16,19(23)24)20(25)26/h3-14H,1-2H3,(H,23,24)(H,25,26). The molecule has 0 amide bonds. The van der Waals surface area contributed by atoms with E-state index >= 15 is 0 Å². The van der Waals surface area contributed by atoms with Crippen LogP contribution < -0.4 is 0 Å². The Hall–Kier alpha value is -3.14. The Morgan fingerprint density at radius 1 is 0.885 bits per heavy atom. The second-order valence-electron chi connectivity index (χ2n) is 6.81. The smallest absolute Gasteiger partial charge is 0.328 e. The molecule has 26 heavy (non-hydrogen) atoms. The van der Waals surface area contributed by atoms with Crippen LogP contribution in [0.5, 0.6) is 0 Å². The summed E-state index contributed by atoms with van der Waals surface area (Å²) in [5.41, 5.74) is 1.58. The molecule has 2 aliphatic rings. The summed E-state index contributed by atoms with van der Waals surface area (Å²) in [5, 5.41) is 18.7. The molecule has 0 spiro atoms. The molecule has 0 aliphatic heterocycles. The molecule has 2 aliphatic carbocycles. The molecule has 0 heterocycles. The quantitative estimate of drug-likeness (QED) is 0.809. The summed E-state index contributed by atoms with van der Waals surface area (Å²) in [5.74, 6) is -2.80. The molecule has 0 aromatic heterocycles. The van der Waals surface area contributed by atoms with E-state index in [0.29, 0.717) is 0 Å². The fraction of sp³-hybridized carbons (Fsp3) is 0.182. The van der Waals surface area contributed by atoms with Crippen LogP contribution in [-0.4, -0.2) is 22.2 Å². The van der Waals surface area contributed by atoms with Gasteiger partial charge in [-0.05, 0) is 30.6 Å². The normalized spacial score (nSPS) is 23.7. The molecular weight excluding hydrogens is 328 g/mol. The monoisotopic (exact) mass is 348 g/mol. The van der Waals surface area contributed by atoms with Gasteiger partial charge in [0.1, 0.15) is 0 Å². The molecule has 3 rings (SSSR count). The lowest BCUT2D eigenvalue weighted by Gasteiger charge is -2.33. The van der Waals surface area contributed by atoms with Crippen LogP contribution in [0.3, 0.4) is 0 Å². The van der Waals surface area contributed by atoms with Crippen molar-refractivity contribution in [1.29, 1.82) is 0 Å². The topological polar surface area (TPSA) is 74.6 Å². The Labute approximate surface area is 152 Å². The Balaban J connectivity index is 2.15. The molecule has 0 saturated carbocycles. The number of rotatable bonds is 3. The minimum absolute atomic E-state index is 0.392. The number of allylic oxidation sites excluding steroid dienone is 8. The van der Waals surface area contributed by atoms with Crippen molar-refractivity contribution in [2.45, 2.75) is 19.3 Å². The van der Waals surface area contributed by atoms with Crippen molar-refractivity contribution in [2.24, 2.45) is 5.41 Å². The van der Waals surface area contributed by atoms with Crippen LogP contribution in [0.1, 0.15) is 19.4 Å². The fourth-order valence-corrected chi connectivity index (χ4v) is 3.34. The predicted octanol–water partition coefficient (Wildman–Crippen LogP) is 4.04. The molecule has 0 saturated heterocycles. The molecule has 0 radical (unpaired) electrons. The van der Waals surface area contributed by atoms with Gasteiger partial charge in [-0.1, -0.05) is 78.4 Å². The molecule has 1 unspecified atom stereocenters. The average Bonchev–Trinajstić information content (AvgIpc) is 2.64. The lowest BCUT2D eigenvalue weighted by atomic mass is 9.69. The van der Waals surface area contributed by atoms with E-state index in [2.05, 4.69) is 37.3 Å². The van der Waals surface area contributed by atoms with Gasteiger partial charge in [0.2, 0.25) is 5.41 Å². The van der Waals surface area contributed by atoms with Gasteiger partial charge in [-0.15, -0.1) is 0 Å². The maximum Gasteiger partial charge on any atom is 0.328 e. The van der Waals surface area contributed by atoms with Gasteiger partial charge in [0.15, 0.2) is 0 Å². The molecule has 132 valence electrons. The number of hydrogen-bond donors (Lipinski definition) is 2. The van der Waals surface area contributed by atoms with E-state index in [1.165, 1.54) is 12.2 Å². The van der Waals surface area contributed by atoms with E-state index in [-0.39, 0.29) is 0 Å². The highest BCUT2D eigenvalue weighted by Gasteiger charge is 2.43. The first kappa shape index (κ1) is 17.7. The number of aliphatic carboxylic acids is 2. The molecule has 0 fully saturated rings. The molecule has 1 aromatic rings. The van der Waals surface area contributed by atoms with Gasteiger partial charge in [0.05, 0.1) is 0 Å². The summed E-state index contributed by atoms with van der Waals surface area (Å²) < 4.78 is 0. The fourth-order valence-electron chi connectivity index (χ4n) is 3.34. The third-order valence-electron chi connectivity index (χ3n) is 5.05. The van der Waals surface area contributed by atoms with E-state index in [9.17, 15) is 19.8 Å². The largest absolute Gasteiger partial charge is 0.480 e. The van der Waals surface area contributed by atoms with Gasteiger partial charge < -0.3 is 10.2 Å². The maximum absolute atomic E-state index is 11.5. The Morgan fingerprint density at radius 3 is 2.00 bits per heavy atom. The van der Waals surface area contributed by atoms with Crippen molar-refractivity contribution in [3.8, 4) is 0 Å². The summed E-state index contributed by atoms with van der Waals surface area (Å²) in [6.45, 7) is 4.10. The third kappa shape index (κ3) is 2.73. The first-order valence-corrected chi connectivity index (χ1v) is 8.33. The first-order chi connectivity index (χ1) is 12.3. The number of carbonyl (C=O) groups is 2. The van der Waals surface area contributed by atoms with Crippen LogP contribution in [0.4, 0.5) is 0 Å². The number of benzene rings is 1. The van der Waals surface area contributed by atoms with Crippen molar-refractivity contribution >= 4 is 11.9 Å². The second kappa shape index (κ2) is 6.30. The van der Waals surface area contributed by atoms with Gasteiger partial charge in [-0.2, -0.15) is 0 Å². The number of hydrogen-bond acceptors (Lipinski definition) is 2. The van der Waals surface area contributed by atoms with Crippen LogP contribution in [-0.2, 0) is 15.0 Å². The number of carboxylic acid groups (broad SMARTS) is 2. The zero-order valence-corrected chi connectivity index (χ0v) is 14.6. The molecule has 4 heteroatoms. The van der Waals surface area contributed by atoms with Crippen LogP contribution in [0.25, 0.3) is 0 Å². The minimum Gasteiger partial charge on any atom is -0.480 e. The highest BCUT2D eigenvalue weighted by atomic mass is 16.4. The Kier molecular flexibility index (Phi) is 4.28. The molecule has 2 N–H and O–H groups in total. The van der Waals surface area contributed by atoms with Crippen LogP contribution in [0.15, 0.2) is 89.6 Å². The van der Waals surface area contributed by atoms with Gasteiger partial charge in [0, 0.05) is 5.41 Å². The van der Waals surface area contributed by atoms with E-state index in [4.69, 9.17) is 0 Å². The first-order valence-electron chi connectivity index (χ1n) is 8.33. The van der Waals surface area contributed by atoms with Gasteiger partial charge >= 0.3 is 11.9 Å². The van der Waals surface area contributed by atoms with Crippen molar-refractivity contribution < 1.29 is 19.8 Å². The summed E-state index contributed by atoms with van der Waals surface area (Å²) in [6, 6.07) is 10.0. The van der Waals surface area contributed by atoms with Crippen molar-refractivity contribution in [1.82, 2.24) is 0 Å². The molecule has 1 atom stereocenters. The lowest BCUT2D eigenvalue weighted by Crippen LogP contribution is -2.36. The highest BCUT2D eigenvalue weighted by molar-refractivity contribution is 6.03. The van der Waals surface area contributed by atoms with Crippen molar-refractivity contribution in [2.75, 3.05) is 0 Å². The molecule has 0 bridgehead atoms. The Bertz CT molecular complexity index is 881. The van der Waals surface area contributed by atoms with E-state index in [1.54, 1.807) is 12.2 Å². The summed E-state index contributed by atoms with van der Waals surface area (Å²) in [6.07, 6.45) is 11.9. The third-order valence-corrected chi connectivity index (χ3v) is 5.05. The van der Waals surface area contributed by atoms with Crippen molar-refractivity contribution in [3.05, 3.63) is 95.1 Å². The van der Waals surface area contributed by atoms with Gasteiger partial charge in [0.25, 0.3) is 0 Å². The van der Waals surface area contributed by atoms with Crippen LogP contribution >= 0.6 is 0 Å². The van der Waals surface area contributed by atoms with Crippen molar-refractivity contribution in [3.63, 3.8) is 0 Å². The lowest BCUT2D eigenvalue weighted by molar-refractivity contribution is -0.157. The second-order valence-corrected chi connectivity index (χ2v) is 6.81. The van der Waals surface area contributed by atoms with Crippen LogP contribution in [0.2, 0.25) is 0 Å². The molecule has 1 aromatic carbocycles. The summed E-state index contributed by atoms with van der Waals surface area (Å²) in [7, 11) is 0. The minimum atomic E-state index is -2.02. The van der Waals surface area contributed by atoms with Crippen LogP contribution in [0, 0.1) is 5.41 Å². The summed E-state index contributed by atoms with van der Waals surface area (Å²) in [4.78, 5) is 23.0. The zero-order valence-electron chi connectivity index (χ0n) is 14.6. The predicted molar refractivity (Wildman–Crippen MR) is 99.7 cm³/mol. The number of carboxylic acids is 2. The molecule has 4 nitrogen and oxygen atoms in total. The van der Waals surface area contributed by atoms with E-state index in [1.807, 2.05) is 25.1 Å². The van der Waals surface area contributed by atoms with E-state index in [0.717, 1.165) is 22.3 Å². The molecular formula is C22H20O4. The van der Waals surface area contributed by atoms with E-state index < -0.39 is 22.8 Å². The Morgan fingerprint density at radius 2 is 1.46 bits per heavy atom.